The van der Waals surface area contributed by atoms with Gasteiger partial charge < -0.3 is 110 Å². The first-order chi connectivity index (χ1) is 63.1. The van der Waals surface area contributed by atoms with Gasteiger partial charge in [-0.05, 0) is 47.2 Å². The zero-order valence-electron chi connectivity index (χ0n) is 66.3. The monoisotopic (exact) mass is 2090 g/mol. The van der Waals surface area contributed by atoms with Crippen molar-refractivity contribution in [2.45, 2.75) is 146 Å². The number of imidazole rings is 5. The Morgan fingerprint density at radius 1 is 0.444 bits per heavy atom. The number of thioether (sulfide) groups is 1. The molecule has 133 heavy (non-hydrogen) atoms. The molecule has 59 nitrogen and oxygen atoms in total. The minimum Gasteiger partial charge on any atom is -0.389 e. The molecule has 12 aromatic heterocycles. The van der Waals surface area contributed by atoms with Gasteiger partial charge in [-0.3, -0.25) is 74.7 Å². The van der Waals surface area contributed by atoms with Gasteiger partial charge in [0.15, 0.2) is 105 Å². The Balaban J connectivity index is 0.000000129. The van der Waals surface area contributed by atoms with Crippen LogP contribution in [0.4, 0.5) is 48.5 Å². The molecule has 714 valence electrons. The van der Waals surface area contributed by atoms with Gasteiger partial charge in [-0.15, -0.1) is 16.9 Å². The number of aliphatic hydroxyl groups is 1. The highest BCUT2D eigenvalue weighted by Crippen LogP contribution is 2.62. The molecular weight excluding hydrogens is 2030 g/mol. The number of aromatic amines is 3. The van der Waals surface area contributed by atoms with Gasteiger partial charge in [-0.25, -0.2) is 80.9 Å². The molecule has 0 spiro atoms. The van der Waals surface area contributed by atoms with Crippen molar-refractivity contribution in [1.82, 2.24) is 123 Å². The fraction of sp³-hybridized carbons (Fsp3) is 0.508. The smallest absolute Gasteiger partial charge is 0.389 e. The van der Waals surface area contributed by atoms with Crippen LogP contribution < -0.4 is 51.1 Å². The summed E-state index contributed by atoms with van der Waals surface area (Å²) in [5, 5.41) is 25.3. The van der Waals surface area contributed by atoms with Crippen LogP contribution >= 0.6 is 65.5 Å². The van der Waals surface area contributed by atoms with E-state index in [2.05, 4.69) is 108 Å². The number of H-pyrrole nitrogens is 3. The van der Waals surface area contributed by atoms with E-state index in [-0.39, 0.29) is 98.4 Å². The number of phosphoric ester groups is 1. The van der Waals surface area contributed by atoms with Gasteiger partial charge >= 0.3 is 41.5 Å². The molecular formula is C59H68F3N31O28P6S6. The molecule has 12 aromatic rings. The highest BCUT2D eigenvalue weighted by Gasteiger charge is 2.58. The lowest BCUT2D eigenvalue weighted by Crippen LogP contribution is -2.35. The number of nitrogen functional groups attached to an aromatic ring is 6. The van der Waals surface area contributed by atoms with Gasteiger partial charge in [0.2, 0.25) is 17.8 Å². The van der Waals surface area contributed by atoms with Crippen LogP contribution in [0.5, 0.6) is 0 Å². The van der Waals surface area contributed by atoms with Crippen molar-refractivity contribution in [3.63, 3.8) is 0 Å². The Hall–Kier alpha value is -7.94. The first kappa shape index (κ1) is 94.0. The molecule has 0 amide bonds. The Kier molecular flexibility index (Phi) is 25.5. The van der Waals surface area contributed by atoms with E-state index in [1.54, 1.807) is 0 Å². The number of nitrogens with two attached hydrogens (primary N) is 6. The van der Waals surface area contributed by atoms with Crippen LogP contribution in [-0.4, -0.2) is 289 Å². The van der Waals surface area contributed by atoms with Crippen molar-refractivity contribution < 1.29 is 130 Å². The van der Waals surface area contributed by atoms with Crippen LogP contribution in [-0.2, 0) is 134 Å². The molecule has 6 bridgehead atoms. The number of thiol groups is 1. The minimum absolute atomic E-state index is 0.0366. The molecule has 9 fully saturated rings. The van der Waals surface area contributed by atoms with Gasteiger partial charge in [0.25, 0.3) is 16.7 Å². The normalized spacial score (nSPS) is 36.9. The zero-order valence-corrected chi connectivity index (χ0v) is 76.6. The van der Waals surface area contributed by atoms with E-state index < -0.39 is 231 Å². The van der Waals surface area contributed by atoms with E-state index in [1.165, 1.54) is 54.2 Å². The largest absolute Gasteiger partial charge is 0.472 e. The number of nitrogens with one attached hydrogen (secondary N) is 3. The SMILES string of the molecule is Nc1nc2c(ncn2[C@@H]2O[C@@H]3COP(O)(=S)O[C@H]4C[C@H](c5cnc6c(N)ncnn56)O[C@@H]4COP(=O)(S)O[C@@H]2[C@@H]3F)c(=O)[nH]1.Nc1nc2c(ncn2[C@@H]2O[C@@H]3COP(O)(=S)O[C@H]4[C@H](F)[C@H](n5cnc6c(N)ncnc65)O[C@@H]4COP(O)(=S)O[C@@H]2[C@@H]3F)c(=O)[nH]1.Nc1nc2c(nnn2[C@@H]2S[C@@H]3COP(=O)(O)O[C@H]4C[C@H](c5cnc6c(N)ncnn56)O[C@@H]4COP(O)(=S)O[C@@H]2[C@@H]3O)c(=O)[nH]1. The van der Waals surface area contributed by atoms with E-state index in [0.717, 1.165) is 35.3 Å². The summed E-state index contributed by atoms with van der Waals surface area (Å²) >= 11 is 25.8. The molecule has 0 aliphatic carbocycles. The zero-order chi connectivity index (χ0) is 93.8. The van der Waals surface area contributed by atoms with Crippen molar-refractivity contribution in [1.29, 1.82) is 0 Å². The average Bonchev–Trinajstić information content (AvgIpc) is 1.61. The fourth-order valence-electron chi connectivity index (χ4n) is 15.6. The highest BCUT2D eigenvalue weighted by molar-refractivity contribution is 8.44. The number of aromatic nitrogens is 25. The second kappa shape index (κ2) is 36.1. The number of phosphoric acid groups is 1. The topological polar surface area (TPSA) is 802 Å². The summed E-state index contributed by atoms with van der Waals surface area (Å²) in [5.41, 5.74) is 34.0. The predicted octanol–water partition coefficient (Wildman–Crippen LogP) is -0.839. The standard InChI is InChI=1S/C20H22F2N10O9P2S2.C20H23FN10O9P2S2.C19H23N11O10P2S2/c21-8-6-1-36-42(34,44)40-12-7(39-18(9(12)22)31-4-27-10-14(23)25-3-26-15(10)31)2-37-43(35,45)41-13(8)19(38-6)32-5-28-11-16(32)29-20(24)30-17(11)33;21-12-11-4-36-41(33,43)39-9-1-8(7-2-24-17-15(22)25-5-27-31(7)17)37-10(9)3-35-42(34,44)40-14(12)19(38-11)30-6-26-13-16(30)28-20(23)29-18(13)32;20-14-16-22-2-6(29(16)24-5-23-14)7-1-8-9(38-7)3-37-42(35,43)40-13-12(31)10(4-36-41(33,34)39-8)44-18(13)30-15-11(27-28-30)17(32)26-19(21)25-15/h3-9,12-13,18-19H,1-2H2,(H,34,44)(H,35,45)(H2,23,25,26)(H3,24,29,30,33);2,5-6,8-12,14,19H,1,3-4H2,(H,33,43)(H,34,44)(H2,22,25,27)(H3,23,28,29,32);2,5,7-10,12-13,18,31H,1,3-4H2,(H,33,34)(H,35,43)(H2,20,23,24)(H3,21,25,26,32)/t6-,7-,8-,9+,12-,13-,18-,19-,42?,43?;8-,9+,10-,11-,12-,14-,19-,41?,42?;7-,8+,9-,10-,12-,13-,18-,42?/m111/s1. The molecule has 28 atom stereocenters. The number of halogens is 3. The van der Waals surface area contributed by atoms with Gasteiger partial charge in [0.1, 0.15) is 103 Å². The maximum absolute atomic E-state index is 16.0. The minimum atomic E-state index is -4.76. The molecule has 21 N–H and O–H groups in total. The molecule has 0 saturated carbocycles. The van der Waals surface area contributed by atoms with Crippen molar-refractivity contribution in [3.05, 3.63) is 92.8 Å². The van der Waals surface area contributed by atoms with Crippen LogP contribution in [0.25, 0.3) is 55.9 Å². The number of nitrogens with zero attached hydrogens (tertiary/aromatic N) is 22. The number of hydrogen-bond acceptors (Lipinski definition) is 50. The van der Waals surface area contributed by atoms with Gasteiger partial charge in [-0.1, -0.05) is 17.5 Å². The molecule has 0 aromatic carbocycles. The van der Waals surface area contributed by atoms with Crippen LogP contribution in [0.2, 0.25) is 0 Å². The summed E-state index contributed by atoms with van der Waals surface area (Å²) in [6, 6.07) is 0. The van der Waals surface area contributed by atoms with Crippen molar-refractivity contribution in [3.8, 4) is 0 Å². The van der Waals surface area contributed by atoms with E-state index in [1.807, 2.05) is 0 Å². The fourth-order valence-corrected chi connectivity index (χ4v) is 25.4. The summed E-state index contributed by atoms with van der Waals surface area (Å²) in [5.74, 6) is -0.378. The van der Waals surface area contributed by atoms with Crippen molar-refractivity contribution in [2.24, 2.45) is 0 Å². The number of rotatable bonds is 6. The summed E-state index contributed by atoms with van der Waals surface area (Å²) < 4.78 is 178. The molecule has 0 radical (unpaired) electrons. The van der Waals surface area contributed by atoms with Gasteiger partial charge in [0, 0.05) is 12.8 Å². The Morgan fingerprint density at radius 3 is 1.44 bits per heavy atom. The summed E-state index contributed by atoms with van der Waals surface area (Å²) in [7, 11) is -4.76. The third-order valence-corrected chi connectivity index (χ3v) is 32.0. The Labute approximate surface area is 765 Å². The van der Waals surface area contributed by atoms with Crippen LogP contribution in [0.3, 0.4) is 0 Å². The second-order valence-electron chi connectivity index (χ2n) is 30.0. The van der Waals surface area contributed by atoms with E-state index in [9.17, 15) is 53.1 Å². The summed E-state index contributed by atoms with van der Waals surface area (Å²) in [4.78, 5) is 147. The summed E-state index contributed by atoms with van der Waals surface area (Å²) in [6.07, 6.45) is -17.6. The first-order valence-electron chi connectivity index (χ1n) is 38.4. The molecule has 21 heterocycles. The lowest BCUT2D eigenvalue weighted by atomic mass is 10.1. The van der Waals surface area contributed by atoms with Gasteiger partial charge in [-0.2, -0.15) is 25.1 Å². The van der Waals surface area contributed by atoms with Crippen molar-refractivity contribution >= 4 is 204 Å². The average molecular weight is 2090 g/mol. The first-order valence-corrected chi connectivity index (χ1v) is 53.9. The number of hydrogen-bond donors (Lipinski definition) is 16. The quantitative estimate of drug-likeness (QED) is 0.0713. The maximum Gasteiger partial charge on any atom is 0.472 e. The Bertz CT molecular complexity index is 6790. The van der Waals surface area contributed by atoms with E-state index in [0.29, 0.717) is 17.0 Å². The lowest BCUT2D eigenvalue weighted by molar-refractivity contribution is -0.0599. The number of fused-ring (bicyclic) bond motifs is 15. The third kappa shape index (κ3) is 18.7. The molecule has 74 heteroatoms. The molecule has 6 unspecified atom stereocenters. The predicted molar refractivity (Wildman–Crippen MR) is 460 cm³/mol. The molecule has 9 aliphatic rings. The van der Waals surface area contributed by atoms with E-state index >= 15 is 13.2 Å². The highest BCUT2D eigenvalue weighted by atomic mass is 32.7. The second-order valence-corrected chi connectivity index (χ2v) is 46.8. The molecule has 21 rings (SSSR count). The van der Waals surface area contributed by atoms with Gasteiger partial charge in [0.05, 0.1) is 99.9 Å². The number of alkyl halides is 3. The Morgan fingerprint density at radius 2 is 0.887 bits per heavy atom. The lowest BCUT2D eigenvalue weighted by Gasteiger charge is -2.27. The number of aliphatic hydroxyl groups excluding tert-OH is 1. The van der Waals surface area contributed by atoms with Crippen molar-refractivity contribution in [2.75, 3.05) is 74.0 Å². The number of anilines is 6. The molecule has 9 saturated heterocycles. The van der Waals surface area contributed by atoms with Crippen LogP contribution in [0, 0.1) is 0 Å². The van der Waals surface area contributed by atoms with E-state index in [4.69, 9.17) is 160 Å². The molecule has 9 aliphatic heterocycles. The third-order valence-electron chi connectivity index (χ3n) is 21.6. The van der Waals surface area contributed by atoms with Crippen LogP contribution in [0.15, 0.2) is 64.7 Å². The summed E-state index contributed by atoms with van der Waals surface area (Å²) in [6.45, 7) is -24.5. The van der Waals surface area contributed by atoms with Crippen LogP contribution in [0.1, 0.15) is 60.5 Å². The number of ether oxygens (including phenoxy) is 5. The maximum atomic E-state index is 16.0.